The number of hydrogen-bond donors (Lipinski definition) is 0. The van der Waals surface area contributed by atoms with Crippen LogP contribution in [0.3, 0.4) is 0 Å². The third-order valence-corrected chi connectivity index (χ3v) is 3.42. The van der Waals surface area contributed by atoms with Crippen LogP contribution in [-0.2, 0) is 13.0 Å². The van der Waals surface area contributed by atoms with E-state index < -0.39 is 0 Å². The van der Waals surface area contributed by atoms with Crippen LogP contribution in [-0.4, -0.2) is 19.7 Å². The number of rotatable bonds is 5. The van der Waals surface area contributed by atoms with E-state index in [2.05, 4.69) is 57.1 Å². The normalized spacial score (nSPS) is 11.1. The molecule has 0 aromatic heterocycles. The molecule has 0 unspecified atom stereocenters. The van der Waals surface area contributed by atoms with Gasteiger partial charge in [0.1, 0.15) is 5.82 Å². The third kappa shape index (κ3) is 2.69. The molecule has 0 saturated carbocycles. The van der Waals surface area contributed by atoms with E-state index in [9.17, 15) is 0 Å². The predicted molar refractivity (Wildman–Crippen MR) is 78.6 cm³/mol. The van der Waals surface area contributed by atoms with Crippen molar-refractivity contribution in [2.75, 3.05) is 0 Å². The summed E-state index contributed by atoms with van der Waals surface area (Å²) in [4.78, 5) is 4.66. The quantitative estimate of drug-likeness (QED) is 0.712. The van der Waals surface area contributed by atoms with E-state index in [1.54, 1.807) is 6.20 Å². The molecule has 0 spiro atoms. The number of aryl methyl sites for hydroxylation is 1. The van der Waals surface area contributed by atoms with Gasteiger partial charge in [0, 0.05) is 19.2 Å². The Balaban J connectivity index is 1.96. The minimum Gasteiger partial charge on any atom is -0.331 e. The molecule has 0 saturated heterocycles. The lowest BCUT2D eigenvalue weighted by Crippen LogP contribution is -2.11. The summed E-state index contributed by atoms with van der Waals surface area (Å²) >= 11 is 0. The van der Waals surface area contributed by atoms with Gasteiger partial charge in [-0.2, -0.15) is 5.10 Å². The van der Waals surface area contributed by atoms with Gasteiger partial charge in [-0.25, -0.2) is 4.98 Å². The number of aromatic nitrogens is 4. The van der Waals surface area contributed by atoms with Crippen LogP contribution in [0.15, 0.2) is 42.7 Å². The van der Waals surface area contributed by atoms with Crippen LogP contribution in [0, 0.1) is 0 Å². The number of nitrogens with zero attached hydrogens (tertiary/aromatic N) is 4. The highest BCUT2D eigenvalue weighted by Gasteiger charge is 2.12. The largest absolute Gasteiger partial charge is 0.331 e. The van der Waals surface area contributed by atoms with Gasteiger partial charge < -0.3 is 4.57 Å². The second kappa shape index (κ2) is 5.82. The molecule has 0 atom stereocenters. The van der Waals surface area contributed by atoms with Crippen LogP contribution in [0.4, 0.5) is 0 Å². The lowest BCUT2D eigenvalue weighted by atomic mass is 10.2. The Bertz CT molecular complexity index is 645. The van der Waals surface area contributed by atoms with Gasteiger partial charge >= 0.3 is 0 Å². The molecule has 3 rings (SSSR count). The van der Waals surface area contributed by atoms with Gasteiger partial charge in [-0.05, 0) is 12.0 Å². The van der Waals surface area contributed by atoms with Crippen LogP contribution >= 0.6 is 0 Å². The standard InChI is InChI=1S/C16H18N4/c1-2-3-9-15-18-16-14(10-17-19-16)12-20(15)11-13-7-5-4-6-8-13/h4-8,10,12H,2-3,9,11H2,1H3. The molecule has 0 radical (unpaired) electrons. The van der Waals surface area contributed by atoms with Crippen molar-refractivity contribution in [3.05, 3.63) is 54.1 Å². The summed E-state index contributed by atoms with van der Waals surface area (Å²) in [5.41, 5.74) is 2.28. The second-order valence-corrected chi connectivity index (χ2v) is 5.00. The Kier molecular flexibility index (Phi) is 3.72. The molecular weight excluding hydrogens is 248 g/mol. The molecule has 4 nitrogen and oxygen atoms in total. The molecule has 102 valence electrons. The minimum absolute atomic E-state index is 0.750. The summed E-state index contributed by atoms with van der Waals surface area (Å²) in [7, 11) is 0. The molecule has 20 heavy (non-hydrogen) atoms. The van der Waals surface area contributed by atoms with E-state index in [-0.39, 0.29) is 0 Å². The van der Waals surface area contributed by atoms with Gasteiger partial charge in [-0.1, -0.05) is 43.7 Å². The van der Waals surface area contributed by atoms with Crippen molar-refractivity contribution in [1.82, 2.24) is 19.7 Å². The van der Waals surface area contributed by atoms with Gasteiger partial charge in [0.15, 0.2) is 5.82 Å². The summed E-state index contributed by atoms with van der Waals surface area (Å²) in [6.45, 7) is 3.04. The van der Waals surface area contributed by atoms with Crippen LogP contribution in [0.2, 0.25) is 0 Å². The summed E-state index contributed by atoms with van der Waals surface area (Å²) in [6.07, 6.45) is 7.17. The van der Waals surface area contributed by atoms with Gasteiger partial charge in [0.05, 0.1) is 11.8 Å². The number of benzene rings is 1. The first-order valence-electron chi connectivity index (χ1n) is 7.08. The molecule has 2 aliphatic rings. The average molecular weight is 266 g/mol. The summed E-state index contributed by atoms with van der Waals surface area (Å²) < 4.78 is 2.22. The Morgan fingerprint density at radius 1 is 1.15 bits per heavy atom. The van der Waals surface area contributed by atoms with E-state index in [1.165, 1.54) is 5.56 Å². The molecule has 2 aliphatic heterocycles. The summed E-state index contributed by atoms with van der Waals surface area (Å²) in [5.74, 6) is 1.84. The van der Waals surface area contributed by atoms with Crippen LogP contribution < -0.4 is 0 Å². The molecule has 0 aliphatic carbocycles. The molecule has 2 heterocycles. The van der Waals surface area contributed by atoms with E-state index in [1.807, 2.05) is 6.07 Å². The molecule has 4 heteroatoms. The van der Waals surface area contributed by atoms with Crippen LogP contribution in [0.25, 0.3) is 11.4 Å². The van der Waals surface area contributed by atoms with Crippen molar-refractivity contribution >= 4 is 0 Å². The molecule has 0 amide bonds. The van der Waals surface area contributed by atoms with Gasteiger partial charge in [-0.3, -0.25) is 0 Å². The molecule has 1 aromatic carbocycles. The van der Waals surface area contributed by atoms with E-state index in [4.69, 9.17) is 0 Å². The number of hydrogen-bond acceptors (Lipinski definition) is 3. The fourth-order valence-corrected chi connectivity index (χ4v) is 2.32. The summed E-state index contributed by atoms with van der Waals surface area (Å²) in [5, 5.41) is 8.01. The second-order valence-electron chi connectivity index (χ2n) is 5.00. The fraction of sp³-hybridized carbons (Fsp3) is 0.312. The highest BCUT2D eigenvalue weighted by Crippen LogP contribution is 2.18. The first-order valence-corrected chi connectivity index (χ1v) is 7.08. The Morgan fingerprint density at radius 3 is 2.80 bits per heavy atom. The Hall–Kier alpha value is -2.23. The monoisotopic (exact) mass is 266 g/mol. The maximum Gasteiger partial charge on any atom is 0.186 e. The first-order chi connectivity index (χ1) is 9.86. The predicted octanol–water partition coefficient (Wildman–Crippen LogP) is 3.17. The van der Waals surface area contributed by atoms with Gasteiger partial charge in [0.25, 0.3) is 0 Å². The Morgan fingerprint density at radius 2 is 2.00 bits per heavy atom. The van der Waals surface area contributed by atoms with Crippen molar-refractivity contribution in [2.45, 2.75) is 32.7 Å². The van der Waals surface area contributed by atoms with E-state index in [0.29, 0.717) is 0 Å². The highest BCUT2D eigenvalue weighted by atomic mass is 15.2. The molecule has 0 bridgehead atoms. The van der Waals surface area contributed by atoms with Crippen LogP contribution in [0.5, 0.6) is 0 Å². The average Bonchev–Trinajstić information content (AvgIpc) is 2.93. The van der Waals surface area contributed by atoms with Crippen molar-refractivity contribution in [1.29, 1.82) is 0 Å². The summed E-state index contributed by atoms with van der Waals surface area (Å²) in [6, 6.07) is 10.5. The van der Waals surface area contributed by atoms with Crippen molar-refractivity contribution in [2.24, 2.45) is 0 Å². The molecule has 0 N–H and O–H groups in total. The zero-order chi connectivity index (χ0) is 13.8. The zero-order valence-corrected chi connectivity index (χ0v) is 11.7. The highest BCUT2D eigenvalue weighted by molar-refractivity contribution is 5.53. The lowest BCUT2D eigenvalue weighted by Gasteiger charge is -2.14. The van der Waals surface area contributed by atoms with E-state index in [0.717, 1.165) is 43.0 Å². The topological polar surface area (TPSA) is 43.6 Å². The number of unbranched alkanes of at least 4 members (excludes halogenated alkanes) is 1. The maximum absolute atomic E-state index is 4.66. The zero-order valence-electron chi connectivity index (χ0n) is 11.7. The van der Waals surface area contributed by atoms with Crippen molar-refractivity contribution in [3.63, 3.8) is 0 Å². The van der Waals surface area contributed by atoms with Gasteiger partial charge in [0.2, 0.25) is 0 Å². The van der Waals surface area contributed by atoms with Crippen molar-refractivity contribution in [3.8, 4) is 11.4 Å². The minimum atomic E-state index is 0.750. The first kappa shape index (κ1) is 12.8. The molecular formula is C16H18N4. The third-order valence-electron chi connectivity index (χ3n) is 3.42. The Labute approximate surface area is 118 Å². The van der Waals surface area contributed by atoms with Crippen LogP contribution in [0.1, 0.15) is 31.2 Å². The lowest BCUT2D eigenvalue weighted by molar-refractivity contribution is 0.653. The molecule has 1 aromatic rings. The maximum atomic E-state index is 4.66. The van der Waals surface area contributed by atoms with Crippen molar-refractivity contribution < 1.29 is 0 Å². The van der Waals surface area contributed by atoms with Gasteiger partial charge in [-0.15, -0.1) is 5.10 Å². The SMILES string of the molecule is CCCCc1nc2nncc-2cn1Cc1ccccc1. The number of fused-ring (bicyclic) bond motifs is 1. The molecule has 0 fully saturated rings. The smallest absolute Gasteiger partial charge is 0.186 e. The fourth-order valence-electron chi connectivity index (χ4n) is 2.32. The van der Waals surface area contributed by atoms with E-state index >= 15 is 0 Å².